The molecule has 4 nitrogen and oxygen atoms in total. The van der Waals surface area contributed by atoms with E-state index in [2.05, 4.69) is 21.3 Å². The van der Waals surface area contributed by atoms with E-state index in [9.17, 15) is 4.79 Å². The van der Waals surface area contributed by atoms with Crippen molar-refractivity contribution in [1.29, 1.82) is 0 Å². The number of nitrogens with zero attached hydrogens (tertiary/aromatic N) is 2. The fraction of sp³-hybridized carbons (Fsp3) is 0.647. The van der Waals surface area contributed by atoms with Crippen molar-refractivity contribution in [2.75, 3.05) is 24.5 Å². The van der Waals surface area contributed by atoms with E-state index >= 15 is 0 Å². The highest BCUT2D eigenvalue weighted by atomic mass is 16.1. The maximum Gasteiger partial charge on any atom is 0.223 e. The smallest absolute Gasteiger partial charge is 0.223 e. The van der Waals surface area contributed by atoms with Crippen LogP contribution in [0.3, 0.4) is 0 Å². The third-order valence-electron chi connectivity index (χ3n) is 4.92. The largest absolute Gasteiger partial charge is 0.370 e. The summed E-state index contributed by atoms with van der Waals surface area (Å²) in [6, 6.07) is 4.11. The van der Waals surface area contributed by atoms with Crippen molar-refractivity contribution in [3.63, 3.8) is 0 Å². The number of amides is 1. The predicted molar refractivity (Wildman–Crippen MR) is 84.1 cm³/mol. The Morgan fingerprint density at radius 2 is 2.00 bits per heavy atom. The minimum atomic E-state index is 0.292. The Morgan fingerprint density at radius 3 is 2.67 bits per heavy atom. The molecule has 1 aromatic heterocycles. The first-order valence-electron chi connectivity index (χ1n) is 8.25. The summed E-state index contributed by atoms with van der Waals surface area (Å²) >= 11 is 0. The molecule has 2 aliphatic rings. The maximum atomic E-state index is 12.0. The molecule has 1 aliphatic heterocycles. The Labute approximate surface area is 126 Å². The molecule has 0 unspecified atom stereocenters. The average Bonchev–Trinajstić information content (AvgIpc) is 3.08. The number of nitrogens with one attached hydrogen (secondary N) is 1. The van der Waals surface area contributed by atoms with Crippen molar-refractivity contribution in [2.45, 2.75) is 38.5 Å². The fourth-order valence-electron chi connectivity index (χ4n) is 3.51. The van der Waals surface area contributed by atoms with Gasteiger partial charge in [-0.3, -0.25) is 9.78 Å². The molecule has 21 heavy (non-hydrogen) atoms. The molecule has 0 spiro atoms. The lowest BCUT2D eigenvalue weighted by atomic mass is 9.96. The summed E-state index contributed by atoms with van der Waals surface area (Å²) in [6.45, 7) is 2.99. The lowest BCUT2D eigenvalue weighted by Crippen LogP contribution is -2.40. The van der Waals surface area contributed by atoms with Crippen LogP contribution in [0.4, 0.5) is 5.69 Å². The lowest BCUT2D eigenvalue weighted by Gasteiger charge is -2.33. The van der Waals surface area contributed by atoms with Gasteiger partial charge in [0.1, 0.15) is 0 Å². The van der Waals surface area contributed by atoms with Crippen LogP contribution in [-0.2, 0) is 4.79 Å². The summed E-state index contributed by atoms with van der Waals surface area (Å²) in [7, 11) is 0. The maximum absolute atomic E-state index is 12.0. The van der Waals surface area contributed by atoms with Gasteiger partial charge in [0.25, 0.3) is 0 Å². The van der Waals surface area contributed by atoms with E-state index in [4.69, 9.17) is 0 Å². The van der Waals surface area contributed by atoms with Gasteiger partial charge in [-0.25, -0.2) is 0 Å². The molecule has 0 aromatic carbocycles. The molecule has 0 bridgehead atoms. The average molecular weight is 287 g/mol. The molecule has 2 fully saturated rings. The van der Waals surface area contributed by atoms with E-state index in [1.165, 1.54) is 18.5 Å². The van der Waals surface area contributed by atoms with Gasteiger partial charge in [-0.05, 0) is 43.7 Å². The van der Waals surface area contributed by atoms with E-state index in [0.29, 0.717) is 17.7 Å². The number of hydrogen-bond acceptors (Lipinski definition) is 3. The van der Waals surface area contributed by atoms with Crippen molar-refractivity contribution in [2.24, 2.45) is 11.8 Å². The van der Waals surface area contributed by atoms with Gasteiger partial charge < -0.3 is 10.2 Å². The number of hydrogen-bond donors (Lipinski definition) is 1. The molecule has 3 rings (SSSR count). The van der Waals surface area contributed by atoms with Crippen molar-refractivity contribution >= 4 is 11.6 Å². The van der Waals surface area contributed by atoms with E-state index in [-0.39, 0.29) is 0 Å². The summed E-state index contributed by atoms with van der Waals surface area (Å²) in [5, 5.41) is 3.18. The molecule has 1 aliphatic carbocycles. The fourth-order valence-corrected chi connectivity index (χ4v) is 3.51. The number of carbonyl (C=O) groups excluding carboxylic acids is 1. The number of piperidine rings is 1. The van der Waals surface area contributed by atoms with Crippen LogP contribution in [0.1, 0.15) is 38.5 Å². The molecule has 4 heteroatoms. The zero-order chi connectivity index (χ0) is 14.5. The summed E-state index contributed by atoms with van der Waals surface area (Å²) in [5.41, 5.74) is 1.21. The second kappa shape index (κ2) is 6.92. The van der Waals surface area contributed by atoms with Crippen LogP contribution in [0, 0.1) is 11.8 Å². The number of carbonyl (C=O) groups is 1. The molecule has 2 heterocycles. The van der Waals surface area contributed by atoms with Crippen LogP contribution >= 0.6 is 0 Å². The first-order chi connectivity index (χ1) is 10.3. The molecular formula is C17H25N3O. The van der Waals surface area contributed by atoms with E-state index < -0.39 is 0 Å². The number of anilines is 1. The van der Waals surface area contributed by atoms with Gasteiger partial charge in [0, 0.05) is 31.7 Å². The zero-order valence-electron chi connectivity index (χ0n) is 12.6. The summed E-state index contributed by atoms with van der Waals surface area (Å²) < 4.78 is 0. The van der Waals surface area contributed by atoms with Gasteiger partial charge in [0.15, 0.2) is 0 Å². The quantitative estimate of drug-likeness (QED) is 0.926. The second-order valence-electron chi connectivity index (χ2n) is 6.37. The third-order valence-corrected chi connectivity index (χ3v) is 4.92. The van der Waals surface area contributed by atoms with Crippen molar-refractivity contribution < 1.29 is 4.79 Å². The number of rotatable bonds is 4. The van der Waals surface area contributed by atoms with Gasteiger partial charge in [-0.2, -0.15) is 0 Å². The molecule has 114 valence electrons. The highest BCUT2D eigenvalue weighted by Gasteiger charge is 2.24. The predicted octanol–water partition coefficient (Wildman–Crippen LogP) is 2.60. The molecule has 1 amide bonds. The molecule has 1 saturated heterocycles. The summed E-state index contributed by atoms with van der Waals surface area (Å²) in [5.74, 6) is 1.21. The summed E-state index contributed by atoms with van der Waals surface area (Å²) in [6.07, 6.45) is 10.7. The Balaban J connectivity index is 1.40. The highest BCUT2D eigenvalue weighted by molar-refractivity contribution is 5.78. The normalized spacial score (nSPS) is 20.7. The van der Waals surface area contributed by atoms with Gasteiger partial charge in [0.05, 0.1) is 11.9 Å². The SMILES string of the molecule is O=C(NCC1CCN(c2cccnc2)CC1)C1CCCC1. The second-order valence-corrected chi connectivity index (χ2v) is 6.37. The van der Waals surface area contributed by atoms with Crippen LogP contribution in [0.2, 0.25) is 0 Å². The Kier molecular flexibility index (Phi) is 4.73. The van der Waals surface area contributed by atoms with Crippen LogP contribution < -0.4 is 10.2 Å². The minimum Gasteiger partial charge on any atom is -0.370 e. The van der Waals surface area contributed by atoms with Gasteiger partial charge in [-0.1, -0.05) is 12.8 Å². The van der Waals surface area contributed by atoms with Crippen LogP contribution in [0.15, 0.2) is 24.5 Å². The van der Waals surface area contributed by atoms with Gasteiger partial charge >= 0.3 is 0 Å². The molecule has 1 saturated carbocycles. The Bertz CT molecular complexity index is 448. The molecular weight excluding hydrogens is 262 g/mol. The highest BCUT2D eigenvalue weighted by Crippen LogP contribution is 2.25. The van der Waals surface area contributed by atoms with E-state index in [0.717, 1.165) is 45.3 Å². The first kappa shape index (κ1) is 14.4. The first-order valence-corrected chi connectivity index (χ1v) is 8.25. The Hall–Kier alpha value is -1.58. The zero-order valence-corrected chi connectivity index (χ0v) is 12.6. The molecule has 1 N–H and O–H groups in total. The van der Waals surface area contributed by atoms with Gasteiger partial charge in [-0.15, -0.1) is 0 Å². The van der Waals surface area contributed by atoms with Crippen LogP contribution in [0.5, 0.6) is 0 Å². The van der Waals surface area contributed by atoms with Gasteiger partial charge in [0.2, 0.25) is 5.91 Å². The van der Waals surface area contributed by atoms with Crippen molar-refractivity contribution in [3.05, 3.63) is 24.5 Å². The molecule has 1 aromatic rings. The minimum absolute atomic E-state index is 0.292. The topological polar surface area (TPSA) is 45.2 Å². The lowest BCUT2D eigenvalue weighted by molar-refractivity contribution is -0.125. The summed E-state index contributed by atoms with van der Waals surface area (Å²) in [4.78, 5) is 18.6. The number of aromatic nitrogens is 1. The number of pyridine rings is 1. The van der Waals surface area contributed by atoms with E-state index in [1.807, 2.05) is 18.5 Å². The molecule has 0 atom stereocenters. The standard InChI is InChI=1S/C17H25N3O/c21-17(15-4-1-2-5-15)19-12-14-7-10-20(11-8-14)16-6-3-9-18-13-16/h3,6,9,13-15H,1-2,4-5,7-8,10-12H2,(H,19,21). The van der Waals surface area contributed by atoms with Crippen LogP contribution in [-0.4, -0.2) is 30.5 Å². The molecule has 0 radical (unpaired) electrons. The third kappa shape index (κ3) is 3.74. The van der Waals surface area contributed by atoms with Crippen molar-refractivity contribution in [1.82, 2.24) is 10.3 Å². The monoisotopic (exact) mass is 287 g/mol. The van der Waals surface area contributed by atoms with E-state index in [1.54, 1.807) is 0 Å². The van der Waals surface area contributed by atoms with Crippen LogP contribution in [0.25, 0.3) is 0 Å². The Morgan fingerprint density at radius 1 is 1.24 bits per heavy atom. The van der Waals surface area contributed by atoms with Crippen molar-refractivity contribution in [3.8, 4) is 0 Å².